The van der Waals surface area contributed by atoms with Crippen LogP contribution in [0.25, 0.3) is 0 Å². The van der Waals surface area contributed by atoms with E-state index in [1.807, 2.05) is 18.7 Å². The lowest BCUT2D eigenvalue weighted by atomic mass is 9.99. The van der Waals surface area contributed by atoms with Gasteiger partial charge >= 0.3 is 0 Å². The van der Waals surface area contributed by atoms with Gasteiger partial charge in [-0.1, -0.05) is 39.5 Å². The number of amides is 2. The molecule has 1 saturated carbocycles. The Labute approximate surface area is 115 Å². The Bertz CT molecular complexity index is 337. The molecule has 1 aliphatic carbocycles. The van der Waals surface area contributed by atoms with Gasteiger partial charge in [0, 0.05) is 6.54 Å². The van der Waals surface area contributed by atoms with E-state index < -0.39 is 0 Å². The summed E-state index contributed by atoms with van der Waals surface area (Å²) < 4.78 is 0. The minimum atomic E-state index is -0.307. The zero-order valence-corrected chi connectivity index (χ0v) is 12.2. The molecular weight excluding hydrogens is 240 g/mol. The summed E-state index contributed by atoms with van der Waals surface area (Å²) in [6, 6.07) is -0.560. The van der Waals surface area contributed by atoms with Crippen LogP contribution in [0.2, 0.25) is 0 Å². The topological polar surface area (TPSA) is 49.4 Å². The molecule has 4 heteroatoms. The third-order valence-electron chi connectivity index (χ3n) is 4.62. The van der Waals surface area contributed by atoms with E-state index in [9.17, 15) is 9.59 Å². The fraction of sp³-hybridized carbons (Fsp3) is 0.867. The van der Waals surface area contributed by atoms with Crippen LogP contribution in [0.1, 0.15) is 58.8 Å². The van der Waals surface area contributed by atoms with Crippen LogP contribution in [-0.2, 0) is 9.59 Å². The second-order valence-corrected chi connectivity index (χ2v) is 5.86. The van der Waals surface area contributed by atoms with Crippen molar-refractivity contribution in [2.24, 2.45) is 5.92 Å². The van der Waals surface area contributed by atoms with E-state index in [1.165, 1.54) is 25.7 Å². The minimum absolute atomic E-state index is 0.0281. The molecule has 2 amide bonds. The molecule has 0 spiro atoms. The van der Waals surface area contributed by atoms with Crippen LogP contribution in [-0.4, -0.2) is 35.3 Å². The zero-order chi connectivity index (χ0) is 13.8. The van der Waals surface area contributed by atoms with Crippen LogP contribution in [0.15, 0.2) is 0 Å². The Morgan fingerprint density at radius 3 is 2.42 bits per heavy atom. The molecule has 2 unspecified atom stereocenters. The normalized spacial score (nSPS) is 28.8. The quantitative estimate of drug-likeness (QED) is 0.828. The van der Waals surface area contributed by atoms with E-state index >= 15 is 0 Å². The van der Waals surface area contributed by atoms with Gasteiger partial charge in [0.1, 0.15) is 12.1 Å². The molecule has 2 aliphatic rings. The summed E-state index contributed by atoms with van der Waals surface area (Å²) >= 11 is 0. The molecule has 0 aromatic carbocycles. The lowest BCUT2D eigenvalue weighted by Crippen LogP contribution is -2.63. The number of rotatable bonds is 5. The Balaban J connectivity index is 1.99. The predicted octanol–water partition coefficient (Wildman–Crippen LogP) is 2.08. The maximum Gasteiger partial charge on any atom is 0.245 e. The number of nitrogens with one attached hydrogen (secondary N) is 1. The Morgan fingerprint density at radius 2 is 1.84 bits per heavy atom. The summed E-state index contributed by atoms with van der Waals surface area (Å²) in [6.45, 7) is 4.68. The van der Waals surface area contributed by atoms with Crippen molar-refractivity contribution >= 4 is 11.8 Å². The summed E-state index contributed by atoms with van der Waals surface area (Å²) in [6.07, 6.45) is 7.69. The van der Waals surface area contributed by atoms with E-state index in [1.54, 1.807) is 0 Å². The molecule has 0 aromatic rings. The second-order valence-electron chi connectivity index (χ2n) is 5.86. The maximum atomic E-state index is 12.4. The van der Waals surface area contributed by atoms with E-state index in [0.29, 0.717) is 12.8 Å². The molecule has 1 heterocycles. The van der Waals surface area contributed by atoms with Crippen LogP contribution in [0.3, 0.4) is 0 Å². The smallest absolute Gasteiger partial charge is 0.245 e. The first-order valence-corrected chi connectivity index (χ1v) is 7.78. The van der Waals surface area contributed by atoms with Gasteiger partial charge in [-0.05, 0) is 25.2 Å². The average Bonchev–Trinajstić information content (AvgIpc) is 2.92. The van der Waals surface area contributed by atoms with Crippen LogP contribution in [0.4, 0.5) is 0 Å². The van der Waals surface area contributed by atoms with E-state index in [-0.39, 0.29) is 23.9 Å². The average molecular weight is 266 g/mol. The maximum absolute atomic E-state index is 12.4. The molecule has 4 nitrogen and oxygen atoms in total. The highest BCUT2D eigenvalue weighted by molar-refractivity contribution is 5.96. The van der Waals surface area contributed by atoms with Crippen molar-refractivity contribution in [3.8, 4) is 0 Å². The first kappa shape index (κ1) is 14.4. The highest BCUT2D eigenvalue weighted by Gasteiger charge is 2.38. The molecule has 2 rings (SSSR count). The SMILES string of the molecule is CCC1NC(=O)C(CC)N(CCC2CCCC2)C1=O. The summed E-state index contributed by atoms with van der Waals surface area (Å²) in [5.41, 5.74) is 0. The molecule has 0 radical (unpaired) electrons. The highest BCUT2D eigenvalue weighted by atomic mass is 16.2. The van der Waals surface area contributed by atoms with Crippen LogP contribution in [0.5, 0.6) is 0 Å². The van der Waals surface area contributed by atoms with Crippen molar-refractivity contribution in [2.75, 3.05) is 6.54 Å². The fourth-order valence-corrected chi connectivity index (χ4v) is 3.39. The van der Waals surface area contributed by atoms with Crippen LogP contribution in [0, 0.1) is 5.92 Å². The van der Waals surface area contributed by atoms with Gasteiger partial charge in [0.25, 0.3) is 0 Å². The molecule has 0 aromatic heterocycles. The van der Waals surface area contributed by atoms with Crippen molar-refractivity contribution in [1.29, 1.82) is 0 Å². The van der Waals surface area contributed by atoms with Gasteiger partial charge in [0.05, 0.1) is 0 Å². The second kappa shape index (κ2) is 6.40. The van der Waals surface area contributed by atoms with Crippen LogP contribution >= 0.6 is 0 Å². The summed E-state index contributed by atoms with van der Waals surface area (Å²) in [7, 11) is 0. The molecule has 1 N–H and O–H groups in total. The predicted molar refractivity (Wildman–Crippen MR) is 74.6 cm³/mol. The number of hydrogen-bond acceptors (Lipinski definition) is 2. The summed E-state index contributed by atoms with van der Waals surface area (Å²) in [5, 5.41) is 2.84. The monoisotopic (exact) mass is 266 g/mol. The van der Waals surface area contributed by atoms with E-state index in [0.717, 1.165) is 18.9 Å². The van der Waals surface area contributed by atoms with E-state index in [2.05, 4.69) is 5.32 Å². The Kier molecular flexibility index (Phi) is 4.83. The fourth-order valence-electron chi connectivity index (χ4n) is 3.39. The Morgan fingerprint density at radius 1 is 1.16 bits per heavy atom. The number of hydrogen-bond donors (Lipinski definition) is 1. The van der Waals surface area contributed by atoms with Gasteiger partial charge in [-0.2, -0.15) is 0 Å². The van der Waals surface area contributed by atoms with Gasteiger partial charge in [-0.3, -0.25) is 9.59 Å². The summed E-state index contributed by atoms with van der Waals surface area (Å²) in [5.74, 6) is 0.905. The number of carbonyl (C=O) groups is 2. The van der Waals surface area contributed by atoms with Crippen molar-refractivity contribution in [3.05, 3.63) is 0 Å². The third-order valence-corrected chi connectivity index (χ3v) is 4.62. The number of carbonyl (C=O) groups excluding carboxylic acids is 2. The van der Waals surface area contributed by atoms with Crippen LogP contribution < -0.4 is 5.32 Å². The van der Waals surface area contributed by atoms with Gasteiger partial charge in [-0.25, -0.2) is 0 Å². The molecule has 108 valence electrons. The molecule has 2 atom stereocenters. The molecule has 2 fully saturated rings. The molecule has 1 aliphatic heterocycles. The molecule has 0 bridgehead atoms. The summed E-state index contributed by atoms with van der Waals surface area (Å²) in [4.78, 5) is 26.3. The van der Waals surface area contributed by atoms with Gasteiger partial charge in [0.2, 0.25) is 11.8 Å². The molecular formula is C15H26N2O2. The van der Waals surface area contributed by atoms with Crippen molar-refractivity contribution in [2.45, 2.75) is 70.9 Å². The minimum Gasteiger partial charge on any atom is -0.343 e. The largest absolute Gasteiger partial charge is 0.343 e. The van der Waals surface area contributed by atoms with Crippen molar-refractivity contribution in [3.63, 3.8) is 0 Å². The van der Waals surface area contributed by atoms with Gasteiger partial charge in [0.15, 0.2) is 0 Å². The van der Waals surface area contributed by atoms with Crippen molar-refractivity contribution < 1.29 is 9.59 Å². The number of nitrogens with zero attached hydrogens (tertiary/aromatic N) is 1. The van der Waals surface area contributed by atoms with Crippen molar-refractivity contribution in [1.82, 2.24) is 10.2 Å². The van der Waals surface area contributed by atoms with Gasteiger partial charge < -0.3 is 10.2 Å². The Hall–Kier alpha value is -1.06. The lowest BCUT2D eigenvalue weighted by molar-refractivity contribution is -0.149. The lowest BCUT2D eigenvalue weighted by Gasteiger charge is -2.39. The zero-order valence-electron chi connectivity index (χ0n) is 12.2. The standard InChI is InChI=1S/C15H26N2O2/c1-3-12-15(19)17(13(4-2)14(18)16-12)10-9-11-7-5-6-8-11/h11-13H,3-10H2,1-2H3,(H,16,18). The third kappa shape index (κ3) is 3.10. The first-order valence-electron chi connectivity index (χ1n) is 7.78. The van der Waals surface area contributed by atoms with E-state index in [4.69, 9.17) is 0 Å². The highest BCUT2D eigenvalue weighted by Crippen LogP contribution is 2.28. The van der Waals surface area contributed by atoms with Gasteiger partial charge in [-0.15, -0.1) is 0 Å². The molecule has 1 saturated heterocycles. The number of piperazine rings is 1. The molecule has 19 heavy (non-hydrogen) atoms. The first-order chi connectivity index (χ1) is 9.17.